The molecule has 0 saturated heterocycles. The van der Waals surface area contributed by atoms with E-state index in [1.54, 1.807) is 44.4 Å². The summed E-state index contributed by atoms with van der Waals surface area (Å²) in [5.41, 5.74) is 7.67. The molecule has 0 radical (unpaired) electrons. The summed E-state index contributed by atoms with van der Waals surface area (Å²) in [7, 11) is 1.63. The number of anilines is 2. The Labute approximate surface area is 222 Å². The van der Waals surface area contributed by atoms with Crippen LogP contribution in [0.5, 0.6) is 5.75 Å². The van der Waals surface area contributed by atoms with Gasteiger partial charge in [-0.25, -0.2) is 9.78 Å². The Morgan fingerprint density at radius 1 is 1.18 bits per heavy atom. The van der Waals surface area contributed by atoms with E-state index in [-0.39, 0.29) is 24.8 Å². The van der Waals surface area contributed by atoms with Gasteiger partial charge in [0.2, 0.25) is 5.91 Å². The largest absolute Gasteiger partial charge is 0.490 e. The molecule has 0 bridgehead atoms. The number of nitrogens with zero attached hydrogens (tertiary/aromatic N) is 3. The highest BCUT2D eigenvalue weighted by Crippen LogP contribution is 2.28. The number of unbranched alkanes of at least 4 members (excludes halogenated alkanes) is 1. The van der Waals surface area contributed by atoms with Gasteiger partial charge in [0.05, 0.1) is 24.3 Å². The van der Waals surface area contributed by atoms with Crippen LogP contribution in [0.25, 0.3) is 0 Å². The van der Waals surface area contributed by atoms with Crippen LogP contribution in [0.3, 0.4) is 0 Å². The highest BCUT2D eigenvalue weighted by atomic mass is 19.4. The van der Waals surface area contributed by atoms with Crippen LogP contribution in [-0.2, 0) is 20.8 Å². The molecule has 212 valence electrons. The van der Waals surface area contributed by atoms with E-state index in [0.29, 0.717) is 29.4 Å². The first-order chi connectivity index (χ1) is 18.2. The van der Waals surface area contributed by atoms with Gasteiger partial charge >= 0.3 is 18.1 Å². The number of nitrogens with two attached hydrogens (primary N) is 1. The standard InChI is InChI=1S/C23H28N4O5.C2HF3O2/c1-15(12-21(29)30)27-14-20(28)26(2)18-9-8-16(13-17(18)23(27)31)6-3-4-11-32-19-7-5-10-25-22(19)24;3-2(4,5)1(6)7/h5,7-10,13,15H,3-4,6,11-12,14H2,1-2H3,(H2,24,25)(H,29,30);(H,6,7). The van der Waals surface area contributed by atoms with Gasteiger partial charge in [0, 0.05) is 19.3 Å². The van der Waals surface area contributed by atoms with Crippen molar-refractivity contribution < 1.29 is 47.3 Å². The molecule has 14 heteroatoms. The Hall–Kier alpha value is -4.36. The Balaban J connectivity index is 0.000000673. The molecule has 1 aromatic heterocycles. The molecule has 1 atom stereocenters. The molecule has 0 saturated carbocycles. The third-order valence-corrected chi connectivity index (χ3v) is 5.75. The van der Waals surface area contributed by atoms with Crippen LogP contribution in [0.15, 0.2) is 36.5 Å². The molecule has 1 aliphatic heterocycles. The van der Waals surface area contributed by atoms with Crippen LogP contribution in [0, 0.1) is 0 Å². The number of alkyl halides is 3. The van der Waals surface area contributed by atoms with E-state index in [2.05, 4.69) is 4.98 Å². The van der Waals surface area contributed by atoms with Gasteiger partial charge in [-0.1, -0.05) is 6.07 Å². The normalized spacial score (nSPS) is 14.1. The molecule has 39 heavy (non-hydrogen) atoms. The van der Waals surface area contributed by atoms with Crippen molar-refractivity contribution in [3.8, 4) is 5.75 Å². The van der Waals surface area contributed by atoms with Crippen molar-refractivity contribution in [3.05, 3.63) is 47.7 Å². The lowest BCUT2D eigenvalue weighted by Crippen LogP contribution is -2.43. The number of amides is 2. The molecular weight excluding hydrogens is 525 g/mol. The number of halogens is 3. The molecule has 4 N–H and O–H groups in total. The number of aliphatic carboxylic acids is 2. The Kier molecular flexibility index (Phi) is 10.6. The van der Waals surface area contributed by atoms with Gasteiger partial charge in [-0.15, -0.1) is 0 Å². The SMILES string of the molecule is CC(CC(=O)O)N1CC(=O)N(C)c2ccc(CCCCOc3cccnc3N)cc2C1=O.O=C(O)C(F)(F)F. The average molecular weight is 555 g/mol. The molecule has 0 aliphatic carbocycles. The summed E-state index contributed by atoms with van der Waals surface area (Å²) in [6.45, 7) is 1.99. The zero-order valence-corrected chi connectivity index (χ0v) is 21.3. The third kappa shape index (κ3) is 8.86. The molecular formula is C25H29F3N4O7. The number of aromatic nitrogens is 1. The highest BCUT2D eigenvalue weighted by molar-refractivity contribution is 6.09. The summed E-state index contributed by atoms with van der Waals surface area (Å²) >= 11 is 0. The molecule has 1 unspecified atom stereocenters. The van der Waals surface area contributed by atoms with E-state index in [1.165, 1.54) is 9.80 Å². The van der Waals surface area contributed by atoms with E-state index in [0.717, 1.165) is 24.8 Å². The van der Waals surface area contributed by atoms with E-state index in [1.807, 2.05) is 6.07 Å². The van der Waals surface area contributed by atoms with Crippen molar-refractivity contribution in [3.63, 3.8) is 0 Å². The van der Waals surface area contributed by atoms with E-state index < -0.39 is 24.2 Å². The third-order valence-electron chi connectivity index (χ3n) is 5.75. The van der Waals surface area contributed by atoms with Crippen molar-refractivity contribution in [2.24, 2.45) is 0 Å². The highest BCUT2D eigenvalue weighted by Gasteiger charge is 2.38. The first-order valence-corrected chi connectivity index (χ1v) is 11.8. The number of nitrogen functional groups attached to an aromatic ring is 1. The quantitative estimate of drug-likeness (QED) is 0.395. The summed E-state index contributed by atoms with van der Waals surface area (Å²) in [6.07, 6.45) is -1.34. The number of ether oxygens (including phenoxy) is 1. The van der Waals surface area contributed by atoms with Crippen LogP contribution in [-0.4, -0.2) is 76.3 Å². The molecule has 1 aliphatic rings. The number of benzene rings is 1. The number of carboxylic acid groups (broad SMARTS) is 2. The van der Waals surface area contributed by atoms with Crippen LogP contribution in [0.1, 0.15) is 42.1 Å². The van der Waals surface area contributed by atoms with E-state index in [4.69, 9.17) is 25.5 Å². The maximum Gasteiger partial charge on any atom is 0.490 e. The number of hydrogen-bond acceptors (Lipinski definition) is 7. The lowest BCUT2D eigenvalue weighted by atomic mass is 10.0. The van der Waals surface area contributed by atoms with Gasteiger partial charge in [0.15, 0.2) is 11.6 Å². The predicted octanol–water partition coefficient (Wildman–Crippen LogP) is 2.98. The number of carbonyl (C=O) groups is 4. The van der Waals surface area contributed by atoms with Gasteiger partial charge in [-0.3, -0.25) is 14.4 Å². The smallest absolute Gasteiger partial charge is 0.490 e. The molecule has 2 amide bonds. The van der Waals surface area contributed by atoms with Crippen LogP contribution < -0.4 is 15.4 Å². The Morgan fingerprint density at radius 3 is 2.44 bits per heavy atom. The van der Waals surface area contributed by atoms with E-state index in [9.17, 15) is 27.6 Å². The first-order valence-electron chi connectivity index (χ1n) is 11.8. The fourth-order valence-corrected chi connectivity index (χ4v) is 3.67. The van der Waals surface area contributed by atoms with Crippen molar-refractivity contribution in [2.45, 2.75) is 44.8 Å². The van der Waals surface area contributed by atoms with Gasteiger partial charge in [-0.2, -0.15) is 13.2 Å². The topological polar surface area (TPSA) is 163 Å². The number of likely N-dealkylation sites (N-methyl/N-ethyl adjacent to an activating group) is 1. The molecule has 2 heterocycles. The second-order valence-electron chi connectivity index (χ2n) is 8.68. The lowest BCUT2D eigenvalue weighted by Gasteiger charge is -2.26. The fourth-order valence-electron chi connectivity index (χ4n) is 3.67. The zero-order chi connectivity index (χ0) is 29.3. The molecule has 0 fully saturated rings. The summed E-state index contributed by atoms with van der Waals surface area (Å²) in [5, 5.41) is 16.2. The summed E-state index contributed by atoms with van der Waals surface area (Å²) in [5.74, 6) is -3.44. The molecule has 2 aromatic rings. The maximum atomic E-state index is 13.2. The van der Waals surface area contributed by atoms with Crippen molar-refractivity contribution >= 4 is 35.3 Å². The van der Waals surface area contributed by atoms with Gasteiger partial charge in [0.1, 0.15) is 6.54 Å². The minimum atomic E-state index is -5.08. The maximum absolute atomic E-state index is 13.2. The molecule has 3 rings (SSSR count). The minimum Gasteiger partial charge on any atom is -0.490 e. The monoisotopic (exact) mass is 554 g/mol. The van der Waals surface area contributed by atoms with Crippen molar-refractivity contribution in [2.75, 3.05) is 30.8 Å². The van der Waals surface area contributed by atoms with Gasteiger partial charge in [0.25, 0.3) is 5.91 Å². The number of rotatable bonds is 9. The number of hydrogen-bond donors (Lipinski definition) is 3. The molecule has 0 spiro atoms. The van der Waals surface area contributed by atoms with Gasteiger partial charge < -0.3 is 30.5 Å². The summed E-state index contributed by atoms with van der Waals surface area (Å²) in [6, 6.07) is 8.43. The van der Waals surface area contributed by atoms with Crippen LogP contribution >= 0.6 is 0 Å². The second kappa shape index (κ2) is 13.4. The van der Waals surface area contributed by atoms with Crippen LogP contribution in [0.2, 0.25) is 0 Å². The summed E-state index contributed by atoms with van der Waals surface area (Å²) in [4.78, 5) is 52.5. The summed E-state index contributed by atoms with van der Waals surface area (Å²) < 4.78 is 37.4. The number of aryl methyl sites for hydroxylation is 1. The van der Waals surface area contributed by atoms with E-state index >= 15 is 0 Å². The average Bonchev–Trinajstić information content (AvgIpc) is 2.94. The first kappa shape index (κ1) is 30.9. The number of carboxylic acids is 2. The van der Waals surface area contributed by atoms with Crippen molar-refractivity contribution in [1.82, 2.24) is 9.88 Å². The molecule has 11 nitrogen and oxygen atoms in total. The van der Waals surface area contributed by atoms with Gasteiger partial charge in [-0.05, 0) is 56.0 Å². The predicted molar refractivity (Wildman–Crippen MR) is 133 cm³/mol. The lowest BCUT2D eigenvalue weighted by molar-refractivity contribution is -0.192. The number of fused-ring (bicyclic) bond motifs is 1. The number of pyridine rings is 1. The minimum absolute atomic E-state index is 0.150. The Morgan fingerprint density at radius 2 is 1.85 bits per heavy atom. The van der Waals surface area contributed by atoms with Crippen LogP contribution in [0.4, 0.5) is 24.7 Å². The fraction of sp³-hybridized carbons (Fsp3) is 0.400. The second-order valence-corrected chi connectivity index (χ2v) is 8.68. The van der Waals surface area contributed by atoms with Crippen molar-refractivity contribution in [1.29, 1.82) is 0 Å². The molecule has 1 aromatic carbocycles. The Bertz CT molecular complexity index is 1210. The zero-order valence-electron chi connectivity index (χ0n) is 21.3. The number of carbonyl (C=O) groups excluding carboxylic acids is 2.